The van der Waals surface area contributed by atoms with Crippen LogP contribution in [0.1, 0.15) is 30.9 Å². The number of aryl methyl sites for hydroxylation is 1. The number of hydrogen-bond donors (Lipinski definition) is 2. The van der Waals surface area contributed by atoms with Crippen molar-refractivity contribution in [2.45, 2.75) is 32.8 Å². The van der Waals surface area contributed by atoms with E-state index in [1.54, 1.807) is 0 Å². The number of nitrogens with one attached hydrogen (secondary N) is 1. The molecule has 5 heteroatoms. The van der Waals surface area contributed by atoms with Gasteiger partial charge < -0.3 is 9.47 Å². The lowest BCUT2D eigenvalue weighted by Crippen LogP contribution is -2.44. The molecule has 0 spiro atoms. The third kappa shape index (κ3) is 4.54. The smallest absolute Gasteiger partial charge is 0.277 e. The van der Waals surface area contributed by atoms with Crippen LogP contribution in [-0.2, 0) is 9.53 Å². The van der Waals surface area contributed by atoms with Crippen LogP contribution in [-0.4, -0.2) is 25.7 Å². The van der Waals surface area contributed by atoms with E-state index >= 15 is 0 Å². The van der Waals surface area contributed by atoms with E-state index in [1.165, 1.54) is 12.7 Å². The van der Waals surface area contributed by atoms with Crippen molar-refractivity contribution in [2.24, 2.45) is 5.84 Å². The Labute approximate surface area is 114 Å². The van der Waals surface area contributed by atoms with Crippen LogP contribution in [0, 0.1) is 6.92 Å². The molecule has 0 aromatic heterocycles. The second kappa shape index (κ2) is 7.11. The van der Waals surface area contributed by atoms with E-state index < -0.39 is 12.0 Å². The van der Waals surface area contributed by atoms with Gasteiger partial charge in [0.15, 0.2) is 0 Å². The van der Waals surface area contributed by atoms with Crippen LogP contribution in [0.25, 0.3) is 0 Å². The predicted octanol–water partition coefficient (Wildman–Crippen LogP) is 1.50. The third-order valence-corrected chi connectivity index (χ3v) is 2.77. The standard InChI is InChI=1S/C14H22N2O3/c1-9(2)11-5-10(3)6-12(7-11)19-13(8-18-4)14(17)16-15/h5-7,9,13H,8,15H2,1-4H3,(H,16,17). The summed E-state index contributed by atoms with van der Waals surface area (Å²) in [7, 11) is 1.51. The van der Waals surface area contributed by atoms with Crippen molar-refractivity contribution in [2.75, 3.05) is 13.7 Å². The fraction of sp³-hybridized carbons (Fsp3) is 0.500. The van der Waals surface area contributed by atoms with Crippen LogP contribution >= 0.6 is 0 Å². The molecular formula is C14H22N2O3. The molecule has 3 N–H and O–H groups in total. The SMILES string of the molecule is COCC(Oc1cc(C)cc(C(C)C)c1)C(=O)NN. The summed E-state index contributed by atoms with van der Waals surface area (Å²) < 4.78 is 10.6. The predicted molar refractivity (Wildman–Crippen MR) is 73.9 cm³/mol. The summed E-state index contributed by atoms with van der Waals surface area (Å²) in [6.45, 7) is 6.36. The Morgan fingerprint density at radius 1 is 1.37 bits per heavy atom. The van der Waals surface area contributed by atoms with Gasteiger partial charge in [-0.1, -0.05) is 19.9 Å². The van der Waals surface area contributed by atoms with Crippen molar-refractivity contribution in [1.29, 1.82) is 0 Å². The lowest BCUT2D eigenvalue weighted by atomic mass is 10.0. The molecule has 1 aromatic carbocycles. The number of carbonyl (C=O) groups excluding carboxylic acids is 1. The zero-order chi connectivity index (χ0) is 14.4. The molecule has 106 valence electrons. The first-order valence-corrected chi connectivity index (χ1v) is 6.25. The van der Waals surface area contributed by atoms with Gasteiger partial charge in [0.25, 0.3) is 5.91 Å². The molecule has 1 amide bonds. The molecule has 1 rings (SSSR count). The van der Waals surface area contributed by atoms with E-state index in [9.17, 15) is 4.79 Å². The highest BCUT2D eigenvalue weighted by Gasteiger charge is 2.19. The summed E-state index contributed by atoms with van der Waals surface area (Å²) in [5, 5.41) is 0. The van der Waals surface area contributed by atoms with Crippen LogP contribution in [0.4, 0.5) is 0 Å². The topological polar surface area (TPSA) is 73.6 Å². The molecule has 0 saturated carbocycles. The summed E-state index contributed by atoms with van der Waals surface area (Å²) in [4.78, 5) is 11.6. The molecule has 0 aliphatic carbocycles. The number of methoxy groups -OCH3 is 1. The van der Waals surface area contributed by atoms with Gasteiger partial charge in [0.1, 0.15) is 5.75 Å². The first-order valence-electron chi connectivity index (χ1n) is 6.25. The Morgan fingerprint density at radius 2 is 2.05 bits per heavy atom. The van der Waals surface area contributed by atoms with Gasteiger partial charge in [-0.05, 0) is 36.1 Å². The van der Waals surface area contributed by atoms with Gasteiger partial charge in [0, 0.05) is 7.11 Å². The maximum atomic E-state index is 11.6. The Balaban J connectivity index is 2.92. The summed E-state index contributed by atoms with van der Waals surface area (Å²) in [6.07, 6.45) is -0.753. The highest BCUT2D eigenvalue weighted by Crippen LogP contribution is 2.23. The van der Waals surface area contributed by atoms with Crippen LogP contribution in [0.2, 0.25) is 0 Å². The highest BCUT2D eigenvalue weighted by molar-refractivity contribution is 5.80. The molecule has 0 heterocycles. The molecule has 0 fully saturated rings. The van der Waals surface area contributed by atoms with E-state index in [4.69, 9.17) is 15.3 Å². The molecular weight excluding hydrogens is 244 g/mol. The minimum Gasteiger partial charge on any atom is -0.478 e. The Morgan fingerprint density at radius 3 is 2.58 bits per heavy atom. The zero-order valence-electron chi connectivity index (χ0n) is 11.9. The number of benzene rings is 1. The quantitative estimate of drug-likeness (QED) is 0.465. The molecule has 0 saturated heterocycles. The average Bonchev–Trinajstić information content (AvgIpc) is 2.36. The van der Waals surface area contributed by atoms with E-state index in [-0.39, 0.29) is 6.61 Å². The van der Waals surface area contributed by atoms with Gasteiger partial charge >= 0.3 is 0 Å². The van der Waals surface area contributed by atoms with Crippen LogP contribution in [0.5, 0.6) is 5.75 Å². The normalized spacial score (nSPS) is 12.3. The molecule has 0 aliphatic rings. The van der Waals surface area contributed by atoms with E-state index in [0.717, 1.165) is 5.56 Å². The molecule has 0 aliphatic heterocycles. The molecule has 1 aromatic rings. The zero-order valence-corrected chi connectivity index (χ0v) is 11.9. The van der Waals surface area contributed by atoms with Crippen molar-refractivity contribution >= 4 is 5.91 Å². The van der Waals surface area contributed by atoms with Crippen molar-refractivity contribution in [1.82, 2.24) is 5.43 Å². The van der Waals surface area contributed by atoms with Crippen molar-refractivity contribution in [3.8, 4) is 5.75 Å². The van der Waals surface area contributed by atoms with Gasteiger partial charge in [0.05, 0.1) is 6.61 Å². The van der Waals surface area contributed by atoms with Crippen molar-refractivity contribution < 1.29 is 14.3 Å². The number of carbonyl (C=O) groups is 1. The number of ether oxygens (including phenoxy) is 2. The van der Waals surface area contributed by atoms with Gasteiger partial charge in [0.2, 0.25) is 6.10 Å². The summed E-state index contributed by atoms with van der Waals surface area (Å²) >= 11 is 0. The molecule has 5 nitrogen and oxygen atoms in total. The summed E-state index contributed by atoms with van der Waals surface area (Å²) in [6, 6.07) is 5.92. The van der Waals surface area contributed by atoms with Crippen molar-refractivity contribution in [3.63, 3.8) is 0 Å². The van der Waals surface area contributed by atoms with E-state index in [2.05, 4.69) is 25.3 Å². The second-order valence-electron chi connectivity index (χ2n) is 4.80. The minimum atomic E-state index is -0.753. The molecule has 1 atom stereocenters. The fourth-order valence-corrected chi connectivity index (χ4v) is 1.75. The largest absolute Gasteiger partial charge is 0.478 e. The van der Waals surface area contributed by atoms with Crippen LogP contribution in [0.15, 0.2) is 18.2 Å². The average molecular weight is 266 g/mol. The van der Waals surface area contributed by atoms with Gasteiger partial charge in [-0.25, -0.2) is 5.84 Å². The minimum absolute atomic E-state index is 0.147. The maximum Gasteiger partial charge on any atom is 0.277 e. The Bertz CT molecular complexity index is 433. The summed E-state index contributed by atoms with van der Waals surface area (Å²) in [5.41, 5.74) is 4.33. The number of hydrazine groups is 1. The van der Waals surface area contributed by atoms with Gasteiger partial charge in [-0.15, -0.1) is 0 Å². The first kappa shape index (κ1) is 15.5. The lowest BCUT2D eigenvalue weighted by molar-refractivity contribution is -0.130. The summed E-state index contributed by atoms with van der Waals surface area (Å²) in [5.74, 6) is 5.76. The number of hydrogen-bond acceptors (Lipinski definition) is 4. The number of amides is 1. The van der Waals surface area contributed by atoms with Crippen LogP contribution in [0.3, 0.4) is 0 Å². The molecule has 1 unspecified atom stereocenters. The number of rotatable bonds is 6. The molecule has 0 bridgehead atoms. The third-order valence-electron chi connectivity index (χ3n) is 2.77. The first-order chi connectivity index (χ1) is 8.97. The monoisotopic (exact) mass is 266 g/mol. The molecule has 0 radical (unpaired) electrons. The van der Waals surface area contributed by atoms with Crippen LogP contribution < -0.4 is 16.0 Å². The van der Waals surface area contributed by atoms with E-state index in [1.807, 2.05) is 19.1 Å². The van der Waals surface area contributed by atoms with E-state index in [0.29, 0.717) is 11.7 Å². The Hall–Kier alpha value is -1.59. The maximum absolute atomic E-state index is 11.6. The fourth-order valence-electron chi connectivity index (χ4n) is 1.75. The highest BCUT2D eigenvalue weighted by atomic mass is 16.5. The lowest BCUT2D eigenvalue weighted by Gasteiger charge is -2.18. The van der Waals surface area contributed by atoms with Crippen molar-refractivity contribution in [3.05, 3.63) is 29.3 Å². The molecule has 19 heavy (non-hydrogen) atoms. The number of nitrogens with two attached hydrogens (primary N) is 1. The van der Waals surface area contributed by atoms with Gasteiger partial charge in [-0.3, -0.25) is 10.2 Å². The Kier molecular flexibility index (Phi) is 5.79. The van der Waals surface area contributed by atoms with Gasteiger partial charge in [-0.2, -0.15) is 0 Å². The second-order valence-corrected chi connectivity index (χ2v) is 4.80.